The van der Waals surface area contributed by atoms with Gasteiger partial charge >= 0.3 is 0 Å². The summed E-state index contributed by atoms with van der Waals surface area (Å²) in [4.78, 5) is 0.291. The zero-order valence-electron chi connectivity index (χ0n) is 9.33. The molecule has 0 aliphatic carbocycles. The normalized spacial score (nSPS) is 26.5. The highest BCUT2D eigenvalue weighted by molar-refractivity contribution is 8.00. The van der Waals surface area contributed by atoms with Crippen molar-refractivity contribution in [1.29, 1.82) is 0 Å². The second-order valence-electron chi connectivity index (χ2n) is 4.14. The molecule has 2 rings (SSSR count). The summed E-state index contributed by atoms with van der Waals surface area (Å²) in [6, 6.07) is 10.8. The van der Waals surface area contributed by atoms with Crippen LogP contribution in [-0.4, -0.2) is 17.2 Å². The molecule has 1 aliphatic rings. The molecule has 1 fully saturated rings. The molecule has 0 amide bonds. The minimum absolute atomic E-state index is 0.291. The maximum Gasteiger partial charge on any atom is 0.0683 e. The lowest BCUT2D eigenvalue weighted by molar-refractivity contribution is 0.436. The molecular weight excluding hydrogens is 202 g/mol. The quantitative estimate of drug-likeness (QED) is 0.842. The van der Waals surface area contributed by atoms with Gasteiger partial charge in [-0.1, -0.05) is 37.3 Å². The van der Waals surface area contributed by atoms with Gasteiger partial charge in [-0.2, -0.15) is 0 Å². The first kappa shape index (κ1) is 11.0. The summed E-state index contributed by atoms with van der Waals surface area (Å²) in [5.41, 5.74) is 1.45. The maximum atomic E-state index is 3.69. The highest BCUT2D eigenvalue weighted by Gasteiger charge is 2.30. The molecule has 1 heterocycles. The molecule has 0 spiro atoms. The van der Waals surface area contributed by atoms with E-state index in [4.69, 9.17) is 0 Å². The molecule has 2 heteroatoms. The zero-order valence-corrected chi connectivity index (χ0v) is 10.1. The first-order valence-electron chi connectivity index (χ1n) is 5.77. The van der Waals surface area contributed by atoms with Crippen LogP contribution in [0.15, 0.2) is 30.3 Å². The highest BCUT2D eigenvalue weighted by atomic mass is 32.2. The first-order valence-corrected chi connectivity index (χ1v) is 6.76. The van der Waals surface area contributed by atoms with E-state index >= 15 is 0 Å². The van der Waals surface area contributed by atoms with Gasteiger partial charge in [-0.15, -0.1) is 11.8 Å². The van der Waals surface area contributed by atoms with Crippen LogP contribution in [0.4, 0.5) is 0 Å². The summed E-state index contributed by atoms with van der Waals surface area (Å²) in [6.45, 7) is 3.46. The number of benzene rings is 1. The Morgan fingerprint density at radius 2 is 2.13 bits per heavy atom. The fourth-order valence-corrected chi connectivity index (χ4v) is 3.45. The van der Waals surface area contributed by atoms with E-state index in [-0.39, 0.29) is 0 Å². The van der Waals surface area contributed by atoms with Crippen molar-refractivity contribution in [1.82, 2.24) is 5.32 Å². The standard InChI is InChI=1S/C13H19NS/c1-2-13(14-9-6-10-15-13)11-12-7-4-3-5-8-12/h3-5,7-8,14H,2,6,9-11H2,1H3. The van der Waals surface area contributed by atoms with Crippen molar-refractivity contribution in [3.8, 4) is 0 Å². The zero-order chi connectivity index (χ0) is 10.6. The minimum Gasteiger partial charge on any atom is -0.303 e. The van der Waals surface area contributed by atoms with Crippen LogP contribution >= 0.6 is 11.8 Å². The Morgan fingerprint density at radius 1 is 1.33 bits per heavy atom. The molecule has 0 aromatic heterocycles. The average molecular weight is 221 g/mol. The molecule has 15 heavy (non-hydrogen) atoms. The van der Waals surface area contributed by atoms with Crippen LogP contribution in [0.25, 0.3) is 0 Å². The van der Waals surface area contributed by atoms with Crippen molar-refractivity contribution in [2.24, 2.45) is 0 Å². The molecule has 1 aromatic carbocycles. The monoisotopic (exact) mass is 221 g/mol. The van der Waals surface area contributed by atoms with E-state index < -0.39 is 0 Å². The van der Waals surface area contributed by atoms with Gasteiger partial charge in [0.25, 0.3) is 0 Å². The number of hydrogen-bond acceptors (Lipinski definition) is 2. The molecule has 0 saturated carbocycles. The van der Waals surface area contributed by atoms with Crippen LogP contribution < -0.4 is 5.32 Å². The molecule has 82 valence electrons. The lowest BCUT2D eigenvalue weighted by Crippen LogP contribution is -2.47. The van der Waals surface area contributed by atoms with Gasteiger partial charge in [0.1, 0.15) is 0 Å². The van der Waals surface area contributed by atoms with Crippen LogP contribution in [0.3, 0.4) is 0 Å². The molecule has 0 bridgehead atoms. The molecule has 1 atom stereocenters. The van der Waals surface area contributed by atoms with Crippen LogP contribution in [-0.2, 0) is 6.42 Å². The Hall–Kier alpha value is -0.470. The molecule has 1 unspecified atom stereocenters. The van der Waals surface area contributed by atoms with Crippen molar-refractivity contribution in [3.63, 3.8) is 0 Å². The molecule has 0 radical (unpaired) electrons. The SMILES string of the molecule is CCC1(Cc2ccccc2)NCCCS1. The van der Waals surface area contributed by atoms with E-state index in [1.54, 1.807) is 0 Å². The Labute approximate surface area is 96.7 Å². The summed E-state index contributed by atoms with van der Waals surface area (Å²) in [5, 5.41) is 3.69. The van der Waals surface area contributed by atoms with Crippen molar-refractivity contribution >= 4 is 11.8 Å². The second kappa shape index (κ2) is 5.04. The van der Waals surface area contributed by atoms with Crippen molar-refractivity contribution in [2.45, 2.75) is 31.1 Å². The number of rotatable bonds is 3. The van der Waals surface area contributed by atoms with Crippen molar-refractivity contribution in [3.05, 3.63) is 35.9 Å². The fraction of sp³-hybridized carbons (Fsp3) is 0.538. The van der Waals surface area contributed by atoms with Crippen molar-refractivity contribution < 1.29 is 0 Å². The molecular formula is C13H19NS. The van der Waals surface area contributed by atoms with Gasteiger partial charge in [0.15, 0.2) is 0 Å². The topological polar surface area (TPSA) is 12.0 Å². The van der Waals surface area contributed by atoms with E-state index in [1.807, 2.05) is 0 Å². The van der Waals surface area contributed by atoms with Gasteiger partial charge in [-0.3, -0.25) is 0 Å². The molecule has 1 saturated heterocycles. The third-order valence-electron chi connectivity index (χ3n) is 3.05. The highest BCUT2D eigenvalue weighted by Crippen LogP contribution is 2.33. The van der Waals surface area contributed by atoms with Gasteiger partial charge in [0.2, 0.25) is 0 Å². The van der Waals surface area contributed by atoms with E-state index in [0.29, 0.717) is 4.87 Å². The minimum atomic E-state index is 0.291. The Kier molecular flexibility index (Phi) is 3.71. The smallest absolute Gasteiger partial charge is 0.0683 e. The van der Waals surface area contributed by atoms with E-state index in [1.165, 1.54) is 30.7 Å². The lowest BCUT2D eigenvalue weighted by Gasteiger charge is -2.37. The van der Waals surface area contributed by atoms with E-state index in [0.717, 1.165) is 6.42 Å². The largest absolute Gasteiger partial charge is 0.303 e. The van der Waals surface area contributed by atoms with E-state index in [9.17, 15) is 0 Å². The Balaban J connectivity index is 2.07. The number of nitrogens with one attached hydrogen (secondary N) is 1. The summed E-state index contributed by atoms with van der Waals surface area (Å²) in [6.07, 6.45) is 3.66. The summed E-state index contributed by atoms with van der Waals surface area (Å²) in [5.74, 6) is 1.30. The maximum absolute atomic E-state index is 3.69. The third kappa shape index (κ3) is 2.76. The molecule has 1 nitrogen and oxygen atoms in total. The van der Waals surface area contributed by atoms with Gasteiger partial charge in [0.05, 0.1) is 4.87 Å². The lowest BCUT2D eigenvalue weighted by atomic mass is 10.0. The van der Waals surface area contributed by atoms with Crippen LogP contribution in [0.2, 0.25) is 0 Å². The Morgan fingerprint density at radius 3 is 2.73 bits per heavy atom. The molecule has 1 N–H and O–H groups in total. The first-order chi connectivity index (χ1) is 7.35. The third-order valence-corrected chi connectivity index (χ3v) is 4.67. The predicted octanol–water partition coefficient (Wildman–Crippen LogP) is 3.06. The summed E-state index contributed by atoms with van der Waals surface area (Å²) < 4.78 is 0. The van der Waals surface area contributed by atoms with Gasteiger partial charge in [-0.25, -0.2) is 0 Å². The molecule has 1 aliphatic heterocycles. The molecule has 1 aromatic rings. The Bertz CT molecular complexity index is 291. The van der Waals surface area contributed by atoms with Gasteiger partial charge in [0, 0.05) is 0 Å². The average Bonchev–Trinajstić information content (AvgIpc) is 2.32. The van der Waals surface area contributed by atoms with Crippen LogP contribution in [0.1, 0.15) is 25.3 Å². The summed E-state index contributed by atoms with van der Waals surface area (Å²) in [7, 11) is 0. The van der Waals surface area contributed by atoms with E-state index in [2.05, 4.69) is 54.3 Å². The predicted molar refractivity (Wildman–Crippen MR) is 68.2 cm³/mol. The van der Waals surface area contributed by atoms with Gasteiger partial charge < -0.3 is 5.32 Å². The van der Waals surface area contributed by atoms with Gasteiger partial charge in [-0.05, 0) is 37.1 Å². The summed E-state index contributed by atoms with van der Waals surface area (Å²) >= 11 is 2.09. The van der Waals surface area contributed by atoms with Crippen LogP contribution in [0, 0.1) is 0 Å². The van der Waals surface area contributed by atoms with Crippen LogP contribution in [0.5, 0.6) is 0 Å². The number of thioether (sulfide) groups is 1. The van der Waals surface area contributed by atoms with Crippen molar-refractivity contribution in [2.75, 3.05) is 12.3 Å². The fourth-order valence-electron chi connectivity index (χ4n) is 2.10. The number of hydrogen-bond donors (Lipinski definition) is 1. The second-order valence-corrected chi connectivity index (χ2v) is 5.62.